The van der Waals surface area contributed by atoms with Gasteiger partial charge < -0.3 is 15.0 Å². The van der Waals surface area contributed by atoms with Gasteiger partial charge in [-0.1, -0.05) is 0 Å². The third-order valence-corrected chi connectivity index (χ3v) is 4.52. The summed E-state index contributed by atoms with van der Waals surface area (Å²) in [7, 11) is 1.62. The van der Waals surface area contributed by atoms with Gasteiger partial charge in [0.25, 0.3) is 5.91 Å². The monoisotopic (exact) mass is 329 g/mol. The van der Waals surface area contributed by atoms with E-state index < -0.39 is 0 Å². The number of anilines is 1. The van der Waals surface area contributed by atoms with Crippen LogP contribution in [-0.2, 0) is 4.79 Å². The van der Waals surface area contributed by atoms with E-state index in [4.69, 9.17) is 4.74 Å². The lowest BCUT2D eigenvalue weighted by molar-refractivity contribution is -0.122. The molecule has 1 aromatic rings. The summed E-state index contributed by atoms with van der Waals surface area (Å²) in [5.41, 5.74) is 2.19. The second-order valence-corrected chi connectivity index (χ2v) is 6.01. The minimum absolute atomic E-state index is 0.283. The van der Waals surface area contributed by atoms with Crippen molar-refractivity contribution in [1.82, 2.24) is 10.2 Å². The molecule has 2 aliphatic heterocycles. The van der Waals surface area contributed by atoms with Crippen molar-refractivity contribution in [3.8, 4) is 5.75 Å². The van der Waals surface area contributed by atoms with Crippen molar-refractivity contribution in [3.05, 3.63) is 29.5 Å². The Morgan fingerprint density at radius 3 is 2.58 bits per heavy atom. The van der Waals surface area contributed by atoms with Crippen molar-refractivity contribution in [2.45, 2.75) is 26.2 Å². The van der Waals surface area contributed by atoms with E-state index in [2.05, 4.69) is 10.2 Å². The lowest BCUT2D eigenvalue weighted by Crippen LogP contribution is -2.30. The highest BCUT2D eigenvalue weighted by molar-refractivity contribution is 6.14. The smallest absolute Gasteiger partial charge is 0.328 e. The minimum atomic E-state index is -0.377. The van der Waals surface area contributed by atoms with E-state index in [0.717, 1.165) is 24.3 Å². The lowest BCUT2D eigenvalue weighted by Gasteiger charge is -2.29. The molecule has 2 heterocycles. The number of likely N-dealkylation sites (N-methyl/N-ethyl adjacent to an activating group) is 1. The number of imide groups is 1. The Labute approximate surface area is 142 Å². The zero-order chi connectivity index (χ0) is 17.1. The third-order valence-electron chi connectivity index (χ3n) is 4.52. The van der Waals surface area contributed by atoms with Crippen LogP contribution in [0.4, 0.5) is 10.5 Å². The molecule has 1 aromatic carbocycles. The summed E-state index contributed by atoms with van der Waals surface area (Å²) in [6, 6.07) is 5.59. The summed E-state index contributed by atoms with van der Waals surface area (Å²) in [4.78, 5) is 27.5. The lowest BCUT2D eigenvalue weighted by atomic mass is 10.1. The van der Waals surface area contributed by atoms with E-state index >= 15 is 0 Å². The number of methoxy groups -OCH3 is 1. The first-order valence-electron chi connectivity index (χ1n) is 8.41. The maximum absolute atomic E-state index is 12.2. The molecule has 0 aliphatic carbocycles. The second kappa shape index (κ2) is 6.95. The fourth-order valence-electron chi connectivity index (χ4n) is 3.18. The Hall–Kier alpha value is -2.50. The Balaban J connectivity index is 1.87. The van der Waals surface area contributed by atoms with Crippen molar-refractivity contribution >= 4 is 23.7 Å². The molecule has 24 heavy (non-hydrogen) atoms. The number of rotatable bonds is 4. The van der Waals surface area contributed by atoms with Crippen LogP contribution < -0.4 is 15.0 Å². The number of ether oxygens (including phenoxy) is 1. The third kappa shape index (κ3) is 3.09. The van der Waals surface area contributed by atoms with Gasteiger partial charge in [0.15, 0.2) is 0 Å². The number of hydrogen-bond acceptors (Lipinski definition) is 4. The van der Waals surface area contributed by atoms with Gasteiger partial charge in [0.1, 0.15) is 11.4 Å². The Morgan fingerprint density at radius 1 is 1.21 bits per heavy atom. The minimum Gasteiger partial charge on any atom is -0.496 e. The van der Waals surface area contributed by atoms with Gasteiger partial charge >= 0.3 is 6.03 Å². The van der Waals surface area contributed by atoms with Crippen molar-refractivity contribution in [2.24, 2.45) is 0 Å². The number of nitrogens with one attached hydrogen (secondary N) is 1. The van der Waals surface area contributed by atoms with Crippen LogP contribution in [0.1, 0.15) is 31.7 Å². The van der Waals surface area contributed by atoms with Gasteiger partial charge in [0.05, 0.1) is 7.11 Å². The summed E-state index contributed by atoms with van der Waals surface area (Å²) in [5, 5.41) is 2.62. The number of piperidine rings is 1. The molecule has 6 nitrogen and oxygen atoms in total. The van der Waals surface area contributed by atoms with Gasteiger partial charge in [0, 0.05) is 37.0 Å². The van der Waals surface area contributed by atoms with Gasteiger partial charge in [0.2, 0.25) is 0 Å². The molecule has 3 amide bonds. The molecule has 0 spiro atoms. The van der Waals surface area contributed by atoms with Gasteiger partial charge in [-0.15, -0.1) is 0 Å². The van der Waals surface area contributed by atoms with Crippen LogP contribution >= 0.6 is 0 Å². The van der Waals surface area contributed by atoms with Crippen molar-refractivity contribution in [3.63, 3.8) is 0 Å². The molecular formula is C18H23N3O3. The highest BCUT2D eigenvalue weighted by Gasteiger charge is 2.32. The zero-order valence-electron chi connectivity index (χ0n) is 14.2. The topological polar surface area (TPSA) is 61.9 Å². The Bertz CT molecular complexity index is 678. The number of benzene rings is 1. The van der Waals surface area contributed by atoms with Gasteiger partial charge in [-0.05, 0) is 44.4 Å². The number of urea groups is 1. The Kier molecular flexibility index (Phi) is 4.74. The summed E-state index contributed by atoms with van der Waals surface area (Å²) in [6.45, 7) is 4.24. The molecule has 3 rings (SSSR count). The van der Waals surface area contributed by atoms with E-state index in [9.17, 15) is 9.59 Å². The first-order valence-corrected chi connectivity index (χ1v) is 8.41. The quantitative estimate of drug-likeness (QED) is 0.681. The van der Waals surface area contributed by atoms with Crippen LogP contribution in [0.5, 0.6) is 5.75 Å². The Morgan fingerprint density at radius 2 is 1.96 bits per heavy atom. The van der Waals surface area contributed by atoms with E-state index in [1.807, 2.05) is 18.2 Å². The molecule has 128 valence electrons. The number of amides is 3. The molecule has 0 atom stereocenters. The molecule has 2 fully saturated rings. The second-order valence-electron chi connectivity index (χ2n) is 6.01. The molecular weight excluding hydrogens is 306 g/mol. The highest BCUT2D eigenvalue weighted by atomic mass is 16.5. The average molecular weight is 329 g/mol. The normalized spacial score (nSPS) is 19.8. The van der Waals surface area contributed by atoms with Crippen LogP contribution in [-0.4, -0.2) is 43.6 Å². The van der Waals surface area contributed by atoms with E-state index in [1.165, 1.54) is 24.2 Å². The van der Waals surface area contributed by atoms with Gasteiger partial charge in [-0.3, -0.25) is 9.69 Å². The molecule has 2 saturated heterocycles. The number of hydrogen-bond donors (Lipinski definition) is 1. The first kappa shape index (κ1) is 16.4. The number of carbonyl (C=O) groups is 2. The molecule has 0 bridgehead atoms. The maximum atomic E-state index is 12.2. The maximum Gasteiger partial charge on any atom is 0.328 e. The molecule has 0 unspecified atom stereocenters. The standard InChI is InChI=1S/C18H23N3O3/c1-3-21-17(22)15(19-18(21)23)11-13-7-8-14(12-16(13)24-2)20-9-5-4-6-10-20/h7-8,11-12H,3-6,9-10H2,1-2H3,(H,19,23)/b15-11+. The summed E-state index contributed by atoms with van der Waals surface area (Å²) >= 11 is 0. The first-order chi connectivity index (χ1) is 11.6. The molecule has 1 N–H and O–H groups in total. The molecule has 0 aromatic heterocycles. The predicted molar refractivity (Wildman–Crippen MR) is 93.0 cm³/mol. The summed E-state index contributed by atoms with van der Waals surface area (Å²) in [6.07, 6.45) is 5.38. The molecule has 6 heteroatoms. The van der Waals surface area contributed by atoms with Crippen molar-refractivity contribution in [2.75, 3.05) is 31.6 Å². The number of carbonyl (C=O) groups excluding carboxylic acids is 2. The van der Waals surface area contributed by atoms with Crippen LogP contribution in [0.3, 0.4) is 0 Å². The van der Waals surface area contributed by atoms with Gasteiger partial charge in [-0.25, -0.2) is 4.79 Å². The summed E-state index contributed by atoms with van der Waals surface area (Å²) in [5.74, 6) is 0.396. The molecule has 0 radical (unpaired) electrons. The predicted octanol–water partition coefficient (Wildman–Crippen LogP) is 2.60. The summed E-state index contributed by atoms with van der Waals surface area (Å²) < 4.78 is 5.49. The van der Waals surface area contributed by atoms with Crippen LogP contribution in [0.25, 0.3) is 6.08 Å². The molecule has 2 aliphatic rings. The van der Waals surface area contributed by atoms with Crippen LogP contribution in [0.2, 0.25) is 0 Å². The van der Waals surface area contributed by atoms with Crippen LogP contribution in [0, 0.1) is 0 Å². The largest absolute Gasteiger partial charge is 0.496 e. The van der Waals surface area contributed by atoms with Crippen LogP contribution in [0.15, 0.2) is 23.9 Å². The fourth-order valence-corrected chi connectivity index (χ4v) is 3.18. The molecule has 0 saturated carbocycles. The van der Waals surface area contributed by atoms with E-state index in [1.54, 1.807) is 20.1 Å². The SMILES string of the molecule is CCN1C(=O)N/C(=C/c2ccc(N3CCCCC3)cc2OC)C1=O. The van der Waals surface area contributed by atoms with Crippen molar-refractivity contribution in [1.29, 1.82) is 0 Å². The number of nitrogens with zero attached hydrogens (tertiary/aromatic N) is 2. The van der Waals surface area contributed by atoms with Crippen molar-refractivity contribution < 1.29 is 14.3 Å². The average Bonchev–Trinajstić information content (AvgIpc) is 2.89. The fraction of sp³-hybridized carbons (Fsp3) is 0.444. The van der Waals surface area contributed by atoms with Gasteiger partial charge in [-0.2, -0.15) is 0 Å². The van der Waals surface area contributed by atoms with E-state index in [-0.39, 0.29) is 17.6 Å². The zero-order valence-corrected chi connectivity index (χ0v) is 14.2. The highest BCUT2D eigenvalue weighted by Crippen LogP contribution is 2.29. The van der Waals surface area contributed by atoms with E-state index in [0.29, 0.717) is 12.3 Å².